The van der Waals surface area contributed by atoms with Gasteiger partial charge in [0.05, 0.1) is 18.0 Å². The van der Waals surface area contributed by atoms with Crippen molar-refractivity contribution in [2.24, 2.45) is 0 Å². The second kappa shape index (κ2) is 11.0. The maximum Gasteiger partial charge on any atom is 0.409 e. The van der Waals surface area contributed by atoms with Crippen molar-refractivity contribution >= 4 is 46.4 Å². The molecular weight excluding hydrogens is 420 g/mol. The second-order valence-corrected chi connectivity index (χ2v) is 7.93. The van der Waals surface area contributed by atoms with Crippen molar-refractivity contribution in [3.05, 3.63) is 59.1 Å². The number of hydrogen-bond acceptors (Lipinski definition) is 4. The SMILES string of the molecule is CCOC(=O)N1CCC(NC(=S)Nc2cc(Cl)ccc2NCc2ccccc2)CC1. The Bertz CT molecular complexity index is 857. The predicted octanol–water partition coefficient (Wildman–Crippen LogP) is 4.86. The highest BCUT2D eigenvalue weighted by molar-refractivity contribution is 7.80. The van der Waals surface area contributed by atoms with Gasteiger partial charge >= 0.3 is 6.09 Å². The normalized spacial score (nSPS) is 14.1. The Morgan fingerprint density at radius 2 is 1.90 bits per heavy atom. The Morgan fingerprint density at radius 1 is 1.17 bits per heavy atom. The molecular formula is C22H27ClN4O2S. The molecule has 0 saturated carbocycles. The van der Waals surface area contributed by atoms with Crippen molar-refractivity contribution in [2.45, 2.75) is 32.4 Å². The van der Waals surface area contributed by atoms with Gasteiger partial charge in [-0.2, -0.15) is 0 Å². The molecule has 0 aliphatic carbocycles. The Balaban J connectivity index is 1.53. The number of carbonyl (C=O) groups excluding carboxylic acids is 1. The number of carbonyl (C=O) groups is 1. The van der Waals surface area contributed by atoms with E-state index >= 15 is 0 Å². The van der Waals surface area contributed by atoms with Gasteiger partial charge in [-0.25, -0.2) is 4.79 Å². The molecule has 1 saturated heterocycles. The molecule has 3 rings (SSSR count). The lowest BCUT2D eigenvalue weighted by atomic mass is 10.1. The maximum absolute atomic E-state index is 11.8. The van der Waals surface area contributed by atoms with E-state index in [0.29, 0.717) is 36.4 Å². The summed E-state index contributed by atoms with van der Waals surface area (Å²) in [6.07, 6.45) is 1.38. The predicted molar refractivity (Wildman–Crippen MR) is 126 cm³/mol. The van der Waals surface area contributed by atoms with Crippen LogP contribution in [0.1, 0.15) is 25.3 Å². The molecule has 0 spiro atoms. The largest absolute Gasteiger partial charge is 0.450 e. The number of piperidine rings is 1. The molecule has 0 radical (unpaired) electrons. The smallest absolute Gasteiger partial charge is 0.409 e. The number of likely N-dealkylation sites (tertiary alicyclic amines) is 1. The van der Waals surface area contributed by atoms with Gasteiger partial charge in [0.1, 0.15) is 0 Å². The standard InChI is InChI=1S/C22H27ClN4O2S/c1-2-29-22(28)27-12-10-18(11-13-27)25-21(30)26-20-14-17(23)8-9-19(20)24-15-16-6-4-3-5-7-16/h3-9,14,18,24H,2,10-13,15H2,1H3,(H2,25,26,30). The van der Waals surface area contributed by atoms with Gasteiger partial charge in [-0.15, -0.1) is 0 Å². The molecule has 2 aromatic rings. The number of hydrogen-bond donors (Lipinski definition) is 3. The number of nitrogens with one attached hydrogen (secondary N) is 3. The molecule has 8 heteroatoms. The van der Waals surface area contributed by atoms with Crippen LogP contribution in [0.2, 0.25) is 5.02 Å². The maximum atomic E-state index is 11.8. The van der Waals surface area contributed by atoms with Gasteiger partial charge in [0, 0.05) is 30.7 Å². The molecule has 30 heavy (non-hydrogen) atoms. The Labute approximate surface area is 187 Å². The van der Waals surface area contributed by atoms with Crippen molar-refractivity contribution in [1.82, 2.24) is 10.2 Å². The van der Waals surface area contributed by atoms with E-state index in [1.807, 2.05) is 43.3 Å². The van der Waals surface area contributed by atoms with Crippen LogP contribution in [0.3, 0.4) is 0 Å². The molecule has 1 aliphatic heterocycles. The van der Waals surface area contributed by atoms with Crippen LogP contribution in [0, 0.1) is 0 Å². The zero-order chi connectivity index (χ0) is 21.3. The van der Waals surface area contributed by atoms with Crippen molar-refractivity contribution in [3.8, 4) is 0 Å². The van der Waals surface area contributed by atoms with E-state index in [0.717, 1.165) is 24.2 Å². The molecule has 0 aromatic heterocycles. The van der Waals surface area contributed by atoms with Gasteiger partial charge in [0.25, 0.3) is 0 Å². The number of rotatable bonds is 6. The number of thiocarbonyl (C=S) groups is 1. The van der Waals surface area contributed by atoms with E-state index in [9.17, 15) is 4.79 Å². The number of halogens is 1. The van der Waals surface area contributed by atoms with Crippen molar-refractivity contribution in [1.29, 1.82) is 0 Å². The number of ether oxygens (including phenoxy) is 1. The molecule has 1 fully saturated rings. The number of amides is 1. The Hall–Kier alpha value is -2.51. The highest BCUT2D eigenvalue weighted by atomic mass is 35.5. The van der Waals surface area contributed by atoms with Crippen LogP contribution in [-0.2, 0) is 11.3 Å². The molecule has 0 bridgehead atoms. The summed E-state index contributed by atoms with van der Waals surface area (Å²) < 4.78 is 5.06. The van der Waals surface area contributed by atoms with Crippen LogP contribution in [-0.4, -0.2) is 41.8 Å². The fourth-order valence-corrected chi connectivity index (χ4v) is 3.78. The molecule has 0 atom stereocenters. The van der Waals surface area contributed by atoms with E-state index in [-0.39, 0.29) is 12.1 Å². The third-order valence-electron chi connectivity index (χ3n) is 4.91. The summed E-state index contributed by atoms with van der Waals surface area (Å²) >= 11 is 11.7. The van der Waals surface area contributed by atoms with Crippen molar-refractivity contribution in [3.63, 3.8) is 0 Å². The Kier molecular flexibility index (Phi) is 8.16. The monoisotopic (exact) mass is 446 g/mol. The number of benzene rings is 2. The van der Waals surface area contributed by atoms with E-state index < -0.39 is 0 Å². The zero-order valence-electron chi connectivity index (χ0n) is 17.0. The van der Waals surface area contributed by atoms with Gasteiger partial charge in [0.15, 0.2) is 5.11 Å². The molecule has 3 N–H and O–H groups in total. The third-order valence-corrected chi connectivity index (χ3v) is 5.37. The summed E-state index contributed by atoms with van der Waals surface area (Å²) in [5, 5.41) is 11.2. The minimum Gasteiger partial charge on any atom is -0.450 e. The average Bonchev–Trinajstić information content (AvgIpc) is 2.74. The lowest BCUT2D eigenvalue weighted by Gasteiger charge is -2.32. The van der Waals surface area contributed by atoms with Crippen LogP contribution in [0.25, 0.3) is 0 Å². The minimum absolute atomic E-state index is 0.204. The van der Waals surface area contributed by atoms with Gasteiger partial charge in [-0.3, -0.25) is 0 Å². The van der Waals surface area contributed by atoms with Gasteiger partial charge in [-0.1, -0.05) is 41.9 Å². The molecule has 0 unspecified atom stereocenters. The lowest BCUT2D eigenvalue weighted by Crippen LogP contribution is -2.47. The molecule has 1 aliphatic rings. The number of anilines is 2. The van der Waals surface area contributed by atoms with Gasteiger partial charge in [0.2, 0.25) is 0 Å². The van der Waals surface area contributed by atoms with Gasteiger partial charge in [-0.05, 0) is 55.7 Å². The first-order chi connectivity index (χ1) is 14.5. The molecule has 2 aromatic carbocycles. The van der Waals surface area contributed by atoms with Crippen LogP contribution >= 0.6 is 23.8 Å². The summed E-state index contributed by atoms with van der Waals surface area (Å²) in [7, 11) is 0. The molecule has 1 amide bonds. The Morgan fingerprint density at radius 3 is 2.60 bits per heavy atom. The third kappa shape index (κ3) is 6.50. The average molecular weight is 447 g/mol. The summed E-state index contributed by atoms with van der Waals surface area (Å²) in [6, 6.07) is 16.0. The van der Waals surface area contributed by atoms with E-state index in [2.05, 4.69) is 28.1 Å². The quantitative estimate of drug-likeness (QED) is 0.551. The molecule has 6 nitrogen and oxygen atoms in total. The second-order valence-electron chi connectivity index (χ2n) is 7.09. The van der Waals surface area contributed by atoms with E-state index in [4.69, 9.17) is 28.6 Å². The summed E-state index contributed by atoms with van der Waals surface area (Å²) in [6.45, 7) is 4.21. The van der Waals surface area contributed by atoms with Crippen LogP contribution < -0.4 is 16.0 Å². The first-order valence-corrected chi connectivity index (χ1v) is 10.9. The zero-order valence-corrected chi connectivity index (χ0v) is 18.6. The summed E-state index contributed by atoms with van der Waals surface area (Å²) in [5.74, 6) is 0. The van der Waals surface area contributed by atoms with Crippen LogP contribution in [0.4, 0.5) is 16.2 Å². The first kappa shape index (κ1) is 22.2. The minimum atomic E-state index is -0.246. The summed E-state index contributed by atoms with van der Waals surface area (Å²) in [5.41, 5.74) is 2.93. The van der Waals surface area contributed by atoms with Crippen molar-refractivity contribution in [2.75, 3.05) is 30.3 Å². The highest BCUT2D eigenvalue weighted by Gasteiger charge is 2.24. The lowest BCUT2D eigenvalue weighted by molar-refractivity contribution is 0.0964. The van der Waals surface area contributed by atoms with E-state index in [1.54, 1.807) is 4.90 Å². The number of nitrogens with zero attached hydrogens (tertiary/aromatic N) is 1. The topological polar surface area (TPSA) is 65.6 Å². The molecule has 1 heterocycles. The molecule has 160 valence electrons. The van der Waals surface area contributed by atoms with E-state index in [1.165, 1.54) is 5.56 Å². The summed E-state index contributed by atoms with van der Waals surface area (Å²) in [4.78, 5) is 13.6. The van der Waals surface area contributed by atoms with Crippen molar-refractivity contribution < 1.29 is 9.53 Å². The fraction of sp³-hybridized carbons (Fsp3) is 0.364. The highest BCUT2D eigenvalue weighted by Crippen LogP contribution is 2.26. The van der Waals surface area contributed by atoms with Crippen LogP contribution in [0.15, 0.2) is 48.5 Å². The first-order valence-electron chi connectivity index (χ1n) is 10.1. The fourth-order valence-electron chi connectivity index (χ4n) is 3.33. The van der Waals surface area contributed by atoms with Crippen LogP contribution in [0.5, 0.6) is 0 Å². The van der Waals surface area contributed by atoms with Gasteiger partial charge < -0.3 is 25.6 Å².